The molecule has 0 saturated heterocycles. The van der Waals surface area contributed by atoms with Crippen LogP contribution < -0.4 is 20.7 Å². The number of carbonyl (C=O) groups excluding carboxylic acids is 3. The average Bonchev–Trinajstić information content (AvgIpc) is 2.91. The number of nitrogens with zero attached hydrogens (tertiary/aromatic N) is 2. The van der Waals surface area contributed by atoms with Crippen LogP contribution in [-0.2, 0) is 11.2 Å². The SMILES string of the molecule is CC(C)NC(=O)Nc1ccc2c(c1)CC(=O)N([C@@H](C)CO)C[C@H](C)[C@H](CN(C)C(=O)NC1CCCCC1)O2. The van der Waals surface area contributed by atoms with Gasteiger partial charge in [0.2, 0.25) is 5.91 Å². The number of hydrogen-bond acceptors (Lipinski definition) is 5. The standard InChI is InChI=1S/C28H45N5O5/c1-18(2)29-27(36)30-23-11-12-24-21(13-23)14-26(35)33(20(4)17-34)15-19(3)25(38-24)16-32(5)28(37)31-22-9-7-6-8-10-22/h11-13,18-20,22,25,34H,6-10,14-17H2,1-5H3,(H,31,37)(H2,29,30,36)/t19-,20-,25-/m0/s1. The molecule has 0 aromatic heterocycles. The van der Waals surface area contributed by atoms with Gasteiger partial charge in [0, 0.05) is 42.8 Å². The van der Waals surface area contributed by atoms with Gasteiger partial charge in [-0.3, -0.25) is 4.79 Å². The minimum Gasteiger partial charge on any atom is -0.488 e. The third-order valence-corrected chi connectivity index (χ3v) is 7.33. The summed E-state index contributed by atoms with van der Waals surface area (Å²) in [5.41, 5.74) is 1.19. The van der Waals surface area contributed by atoms with Crippen LogP contribution in [0.25, 0.3) is 0 Å². The third-order valence-electron chi connectivity index (χ3n) is 7.33. The van der Waals surface area contributed by atoms with Crippen molar-refractivity contribution < 1.29 is 24.2 Å². The molecule has 1 aromatic rings. The number of anilines is 1. The number of ether oxygens (including phenoxy) is 1. The fourth-order valence-electron chi connectivity index (χ4n) is 5.04. The molecule has 212 valence electrons. The van der Waals surface area contributed by atoms with Crippen LogP contribution in [0.2, 0.25) is 0 Å². The Labute approximate surface area is 226 Å². The fourth-order valence-corrected chi connectivity index (χ4v) is 5.04. The molecule has 4 N–H and O–H groups in total. The second-order valence-electron chi connectivity index (χ2n) is 11.1. The van der Waals surface area contributed by atoms with Gasteiger partial charge in [-0.15, -0.1) is 0 Å². The van der Waals surface area contributed by atoms with Gasteiger partial charge in [0.05, 0.1) is 25.6 Å². The Bertz CT molecular complexity index is 965. The van der Waals surface area contributed by atoms with Crippen LogP contribution in [0.3, 0.4) is 0 Å². The summed E-state index contributed by atoms with van der Waals surface area (Å²) >= 11 is 0. The van der Waals surface area contributed by atoms with Gasteiger partial charge in [0.1, 0.15) is 11.9 Å². The number of fused-ring (bicyclic) bond motifs is 1. The molecule has 38 heavy (non-hydrogen) atoms. The highest BCUT2D eigenvalue weighted by atomic mass is 16.5. The highest BCUT2D eigenvalue weighted by Gasteiger charge is 2.32. The first-order chi connectivity index (χ1) is 18.1. The quantitative estimate of drug-likeness (QED) is 0.430. The Balaban J connectivity index is 1.83. The summed E-state index contributed by atoms with van der Waals surface area (Å²) in [6.45, 7) is 8.14. The van der Waals surface area contributed by atoms with E-state index < -0.39 is 6.10 Å². The number of amides is 5. The van der Waals surface area contributed by atoms with Crippen LogP contribution in [0.1, 0.15) is 65.4 Å². The van der Waals surface area contributed by atoms with Crippen molar-refractivity contribution >= 4 is 23.7 Å². The number of benzene rings is 1. The van der Waals surface area contributed by atoms with E-state index in [9.17, 15) is 19.5 Å². The molecule has 1 saturated carbocycles. The molecule has 0 radical (unpaired) electrons. The molecule has 1 aromatic carbocycles. The Morgan fingerprint density at radius 3 is 2.55 bits per heavy atom. The minimum absolute atomic E-state index is 0.0177. The first-order valence-corrected chi connectivity index (χ1v) is 13.9. The maximum Gasteiger partial charge on any atom is 0.319 e. The zero-order chi connectivity index (χ0) is 27.8. The summed E-state index contributed by atoms with van der Waals surface area (Å²) in [6, 6.07) is 4.63. The summed E-state index contributed by atoms with van der Waals surface area (Å²) in [7, 11) is 1.77. The Kier molecular flexibility index (Phi) is 10.6. The lowest BCUT2D eigenvalue weighted by Gasteiger charge is -2.34. The van der Waals surface area contributed by atoms with Gasteiger partial charge in [-0.05, 0) is 51.8 Å². The number of hydrogen-bond donors (Lipinski definition) is 4. The predicted molar refractivity (Wildman–Crippen MR) is 147 cm³/mol. The number of carbonyl (C=O) groups is 3. The van der Waals surface area contributed by atoms with Gasteiger partial charge in [0.25, 0.3) is 0 Å². The molecular formula is C28H45N5O5. The van der Waals surface area contributed by atoms with Crippen LogP contribution in [0, 0.1) is 5.92 Å². The molecule has 1 aliphatic heterocycles. The molecule has 10 heteroatoms. The van der Waals surface area contributed by atoms with Gasteiger partial charge in [-0.1, -0.05) is 26.2 Å². The number of aliphatic hydroxyl groups is 1. The lowest BCUT2D eigenvalue weighted by molar-refractivity contribution is -0.134. The number of aliphatic hydroxyl groups excluding tert-OH is 1. The topological polar surface area (TPSA) is 123 Å². The Hall–Kier alpha value is -3.01. The van der Waals surface area contributed by atoms with E-state index >= 15 is 0 Å². The molecule has 0 unspecified atom stereocenters. The zero-order valence-electron chi connectivity index (χ0n) is 23.5. The molecule has 0 spiro atoms. The van der Waals surface area contributed by atoms with Crippen LogP contribution in [-0.4, -0.2) is 83.8 Å². The molecule has 5 amide bonds. The number of nitrogens with one attached hydrogen (secondary N) is 3. The van der Waals surface area contributed by atoms with E-state index in [0.717, 1.165) is 25.7 Å². The fraction of sp³-hybridized carbons (Fsp3) is 0.679. The molecule has 3 atom stereocenters. The van der Waals surface area contributed by atoms with Crippen molar-refractivity contribution in [1.29, 1.82) is 0 Å². The Morgan fingerprint density at radius 2 is 1.89 bits per heavy atom. The van der Waals surface area contributed by atoms with Crippen molar-refractivity contribution in [2.45, 2.75) is 90.4 Å². The normalized spacial score (nSPS) is 21.3. The van der Waals surface area contributed by atoms with Crippen LogP contribution >= 0.6 is 0 Å². The van der Waals surface area contributed by atoms with E-state index in [-0.39, 0.29) is 55.0 Å². The molecule has 2 aliphatic rings. The van der Waals surface area contributed by atoms with Crippen LogP contribution in [0.5, 0.6) is 5.75 Å². The Morgan fingerprint density at radius 1 is 1.18 bits per heavy atom. The zero-order valence-corrected chi connectivity index (χ0v) is 23.5. The monoisotopic (exact) mass is 531 g/mol. The largest absolute Gasteiger partial charge is 0.488 e. The number of rotatable bonds is 7. The van der Waals surface area contributed by atoms with E-state index in [2.05, 4.69) is 16.0 Å². The van der Waals surface area contributed by atoms with Crippen molar-refractivity contribution in [1.82, 2.24) is 20.4 Å². The highest BCUT2D eigenvalue weighted by molar-refractivity contribution is 5.90. The maximum atomic E-state index is 13.4. The van der Waals surface area contributed by atoms with Crippen molar-refractivity contribution in [3.05, 3.63) is 23.8 Å². The molecule has 1 fully saturated rings. The first-order valence-electron chi connectivity index (χ1n) is 13.9. The second kappa shape index (κ2) is 13.7. The van der Waals surface area contributed by atoms with Gasteiger partial charge < -0.3 is 35.6 Å². The lowest BCUT2D eigenvalue weighted by atomic mass is 9.96. The number of urea groups is 2. The van der Waals surface area contributed by atoms with Gasteiger partial charge >= 0.3 is 12.1 Å². The molecule has 10 nitrogen and oxygen atoms in total. The van der Waals surface area contributed by atoms with Crippen LogP contribution in [0.15, 0.2) is 18.2 Å². The van der Waals surface area contributed by atoms with Crippen molar-refractivity contribution in [2.24, 2.45) is 5.92 Å². The summed E-state index contributed by atoms with van der Waals surface area (Å²) < 4.78 is 6.48. The lowest BCUT2D eigenvalue weighted by Crippen LogP contribution is -2.50. The van der Waals surface area contributed by atoms with Gasteiger partial charge in [0.15, 0.2) is 0 Å². The van der Waals surface area contributed by atoms with Crippen molar-refractivity contribution in [3.8, 4) is 5.75 Å². The van der Waals surface area contributed by atoms with Gasteiger partial charge in [-0.25, -0.2) is 9.59 Å². The van der Waals surface area contributed by atoms with E-state index in [1.807, 2.05) is 27.7 Å². The highest BCUT2D eigenvalue weighted by Crippen LogP contribution is 2.29. The second-order valence-corrected chi connectivity index (χ2v) is 11.1. The summed E-state index contributed by atoms with van der Waals surface area (Å²) in [5, 5.41) is 18.6. The summed E-state index contributed by atoms with van der Waals surface area (Å²) in [5.74, 6) is 0.305. The molecule has 1 heterocycles. The van der Waals surface area contributed by atoms with E-state index in [1.165, 1.54) is 6.42 Å². The maximum absolute atomic E-state index is 13.4. The van der Waals surface area contributed by atoms with Crippen molar-refractivity contribution in [2.75, 3.05) is 32.1 Å². The smallest absolute Gasteiger partial charge is 0.319 e. The minimum atomic E-state index is -0.391. The van der Waals surface area contributed by atoms with Crippen LogP contribution in [0.4, 0.5) is 15.3 Å². The predicted octanol–water partition coefficient (Wildman–Crippen LogP) is 3.34. The van der Waals surface area contributed by atoms with E-state index in [4.69, 9.17) is 4.74 Å². The van der Waals surface area contributed by atoms with E-state index in [1.54, 1.807) is 35.0 Å². The molecule has 3 rings (SSSR count). The molecule has 1 aliphatic carbocycles. The van der Waals surface area contributed by atoms with Crippen molar-refractivity contribution in [3.63, 3.8) is 0 Å². The van der Waals surface area contributed by atoms with Gasteiger partial charge in [-0.2, -0.15) is 0 Å². The first kappa shape index (κ1) is 29.5. The molecular weight excluding hydrogens is 486 g/mol. The average molecular weight is 532 g/mol. The van der Waals surface area contributed by atoms with E-state index in [0.29, 0.717) is 30.1 Å². The number of likely N-dealkylation sites (N-methyl/N-ethyl adjacent to an activating group) is 1. The molecule has 0 bridgehead atoms. The summed E-state index contributed by atoms with van der Waals surface area (Å²) in [4.78, 5) is 41.9. The summed E-state index contributed by atoms with van der Waals surface area (Å²) in [6.07, 6.45) is 5.18. The third kappa shape index (κ3) is 8.24.